The molecule has 1 amide bonds. The number of nitrogens with zero attached hydrogens (tertiary/aromatic N) is 1. The van der Waals surface area contributed by atoms with Gasteiger partial charge in [0.05, 0.1) is 10.6 Å². The van der Waals surface area contributed by atoms with E-state index in [4.69, 9.17) is 11.6 Å². The van der Waals surface area contributed by atoms with E-state index in [0.29, 0.717) is 21.7 Å². The lowest BCUT2D eigenvalue weighted by Gasteiger charge is -2.20. The molecule has 21 heavy (non-hydrogen) atoms. The first kappa shape index (κ1) is 16.4. The third-order valence-corrected chi connectivity index (χ3v) is 5.21. The number of pyridine rings is 1. The monoisotopic (exact) mass is 327 g/mol. The number of nitrogens with one attached hydrogen (secondary N) is 2. The Balaban J connectivity index is 2.01. The van der Waals surface area contributed by atoms with Crippen LogP contribution in [0, 0.1) is 0 Å². The van der Waals surface area contributed by atoms with E-state index in [-0.39, 0.29) is 11.9 Å². The Morgan fingerprint density at radius 3 is 2.95 bits per heavy atom. The minimum Gasteiger partial charge on any atom is -0.369 e. The maximum atomic E-state index is 12.3. The highest BCUT2D eigenvalue weighted by Gasteiger charge is 2.28. The highest BCUT2D eigenvalue weighted by Crippen LogP contribution is 2.30. The predicted molar refractivity (Wildman–Crippen MR) is 90.4 cm³/mol. The average molecular weight is 328 g/mol. The Bertz CT molecular complexity index is 498. The summed E-state index contributed by atoms with van der Waals surface area (Å²) in [5.74, 6) is 1.62. The summed E-state index contributed by atoms with van der Waals surface area (Å²) in [4.78, 5) is 16.5. The van der Waals surface area contributed by atoms with Crippen molar-refractivity contribution in [3.63, 3.8) is 0 Å². The molecule has 4 nitrogen and oxygen atoms in total. The lowest BCUT2D eigenvalue weighted by Crippen LogP contribution is -2.38. The molecule has 2 N–H and O–H groups in total. The van der Waals surface area contributed by atoms with Gasteiger partial charge in [-0.2, -0.15) is 11.8 Å². The standard InChI is InChI=1S/C15H22ClN3OS/c1-3-17-14-11(16)8-10(9-18-14)15(20)19-12-6-5-7-13(12)21-4-2/h8-9,12-13H,3-7H2,1-2H3,(H,17,18)(H,19,20). The van der Waals surface area contributed by atoms with Crippen LogP contribution in [-0.2, 0) is 0 Å². The minimum absolute atomic E-state index is 0.0824. The van der Waals surface area contributed by atoms with Crippen molar-refractivity contribution in [1.29, 1.82) is 0 Å². The third-order valence-electron chi connectivity index (χ3n) is 3.60. The van der Waals surface area contributed by atoms with Gasteiger partial charge in [-0.3, -0.25) is 4.79 Å². The topological polar surface area (TPSA) is 54.0 Å². The molecule has 1 aromatic rings. The molecular weight excluding hydrogens is 306 g/mol. The Morgan fingerprint density at radius 1 is 1.48 bits per heavy atom. The highest BCUT2D eigenvalue weighted by atomic mass is 35.5. The Labute approximate surface area is 135 Å². The molecule has 2 rings (SSSR count). The van der Waals surface area contributed by atoms with Gasteiger partial charge in [0.1, 0.15) is 5.82 Å². The second kappa shape index (κ2) is 7.90. The van der Waals surface area contributed by atoms with E-state index >= 15 is 0 Å². The van der Waals surface area contributed by atoms with Crippen molar-refractivity contribution >= 4 is 35.1 Å². The van der Waals surface area contributed by atoms with Gasteiger partial charge in [-0.1, -0.05) is 24.9 Å². The summed E-state index contributed by atoms with van der Waals surface area (Å²) < 4.78 is 0. The van der Waals surface area contributed by atoms with Crippen LogP contribution in [0.5, 0.6) is 0 Å². The van der Waals surface area contributed by atoms with Crippen molar-refractivity contribution in [1.82, 2.24) is 10.3 Å². The van der Waals surface area contributed by atoms with E-state index in [2.05, 4.69) is 22.5 Å². The first-order valence-corrected chi connectivity index (χ1v) is 8.90. The van der Waals surface area contributed by atoms with Crippen molar-refractivity contribution < 1.29 is 4.79 Å². The van der Waals surface area contributed by atoms with Crippen LogP contribution in [0.1, 0.15) is 43.5 Å². The zero-order chi connectivity index (χ0) is 15.2. The molecule has 1 fully saturated rings. The fourth-order valence-corrected chi connectivity index (χ4v) is 4.05. The summed E-state index contributed by atoms with van der Waals surface area (Å²) in [6, 6.07) is 1.94. The fourth-order valence-electron chi connectivity index (χ4n) is 2.62. The number of hydrogen-bond donors (Lipinski definition) is 2. The zero-order valence-electron chi connectivity index (χ0n) is 12.5. The largest absolute Gasteiger partial charge is 0.369 e. The molecule has 0 saturated heterocycles. The number of amides is 1. The third kappa shape index (κ3) is 4.27. The number of carbonyl (C=O) groups is 1. The molecule has 0 bridgehead atoms. The van der Waals surface area contributed by atoms with Crippen LogP contribution in [-0.4, -0.2) is 34.5 Å². The normalized spacial score (nSPS) is 21.3. The molecule has 0 aromatic carbocycles. The van der Waals surface area contributed by atoms with Crippen molar-refractivity contribution in [3.05, 3.63) is 22.8 Å². The quantitative estimate of drug-likeness (QED) is 0.838. The molecule has 0 aliphatic heterocycles. The average Bonchev–Trinajstić information content (AvgIpc) is 2.89. The number of anilines is 1. The zero-order valence-corrected chi connectivity index (χ0v) is 14.1. The maximum absolute atomic E-state index is 12.3. The molecule has 1 aliphatic rings. The van der Waals surface area contributed by atoms with Gasteiger partial charge in [0, 0.05) is 24.0 Å². The Morgan fingerprint density at radius 2 is 2.29 bits per heavy atom. The molecule has 0 radical (unpaired) electrons. The number of rotatable bonds is 6. The van der Waals surface area contributed by atoms with E-state index in [9.17, 15) is 4.79 Å². The molecule has 2 unspecified atom stereocenters. The second-order valence-corrected chi connectivity index (χ2v) is 7.01. The van der Waals surface area contributed by atoms with E-state index in [0.717, 1.165) is 18.7 Å². The van der Waals surface area contributed by atoms with E-state index in [1.807, 2.05) is 18.7 Å². The molecular formula is C15H22ClN3OS. The number of halogens is 1. The fraction of sp³-hybridized carbons (Fsp3) is 0.600. The summed E-state index contributed by atoms with van der Waals surface area (Å²) in [6.45, 7) is 4.88. The first-order valence-electron chi connectivity index (χ1n) is 7.47. The minimum atomic E-state index is -0.0824. The van der Waals surface area contributed by atoms with E-state index in [1.54, 1.807) is 12.3 Å². The summed E-state index contributed by atoms with van der Waals surface area (Å²) in [6.07, 6.45) is 5.00. The summed E-state index contributed by atoms with van der Waals surface area (Å²) in [7, 11) is 0. The van der Waals surface area contributed by atoms with E-state index < -0.39 is 0 Å². The molecule has 2 atom stereocenters. The molecule has 1 aliphatic carbocycles. The van der Waals surface area contributed by atoms with E-state index in [1.165, 1.54) is 12.8 Å². The molecule has 116 valence electrons. The van der Waals surface area contributed by atoms with Gasteiger partial charge in [0.2, 0.25) is 0 Å². The van der Waals surface area contributed by atoms with Crippen LogP contribution in [0.3, 0.4) is 0 Å². The Hall–Kier alpha value is -0.940. The number of hydrogen-bond acceptors (Lipinski definition) is 4. The van der Waals surface area contributed by atoms with Crippen LogP contribution >= 0.6 is 23.4 Å². The molecule has 1 saturated carbocycles. The van der Waals surface area contributed by atoms with Crippen LogP contribution < -0.4 is 10.6 Å². The molecule has 6 heteroatoms. The van der Waals surface area contributed by atoms with Crippen LogP contribution in [0.2, 0.25) is 5.02 Å². The lowest BCUT2D eigenvalue weighted by atomic mass is 10.2. The first-order chi connectivity index (χ1) is 10.2. The van der Waals surface area contributed by atoms with Gasteiger partial charge in [0.25, 0.3) is 5.91 Å². The molecule has 0 spiro atoms. The summed E-state index contributed by atoms with van der Waals surface area (Å²) in [5, 5.41) is 7.20. The van der Waals surface area contributed by atoms with Crippen LogP contribution in [0.15, 0.2) is 12.3 Å². The highest BCUT2D eigenvalue weighted by molar-refractivity contribution is 7.99. The summed E-state index contributed by atoms with van der Waals surface area (Å²) in [5.41, 5.74) is 0.522. The number of carbonyl (C=O) groups excluding carboxylic acids is 1. The Kier molecular flexibility index (Phi) is 6.18. The van der Waals surface area contributed by atoms with Gasteiger partial charge >= 0.3 is 0 Å². The van der Waals surface area contributed by atoms with Gasteiger partial charge in [-0.25, -0.2) is 4.98 Å². The smallest absolute Gasteiger partial charge is 0.253 e. The predicted octanol–water partition coefficient (Wildman–Crippen LogP) is 3.57. The summed E-state index contributed by atoms with van der Waals surface area (Å²) >= 11 is 8.07. The molecule has 1 heterocycles. The number of aromatic nitrogens is 1. The van der Waals surface area contributed by atoms with Crippen molar-refractivity contribution in [2.45, 2.75) is 44.4 Å². The van der Waals surface area contributed by atoms with Gasteiger partial charge in [0.15, 0.2) is 0 Å². The second-order valence-electron chi connectivity index (χ2n) is 5.09. The van der Waals surface area contributed by atoms with Crippen molar-refractivity contribution in [2.75, 3.05) is 17.6 Å². The molecule has 1 aromatic heterocycles. The maximum Gasteiger partial charge on any atom is 0.253 e. The van der Waals surface area contributed by atoms with Gasteiger partial charge < -0.3 is 10.6 Å². The lowest BCUT2D eigenvalue weighted by molar-refractivity contribution is 0.0938. The van der Waals surface area contributed by atoms with Gasteiger partial charge in [-0.15, -0.1) is 0 Å². The SMILES string of the molecule is CCNc1ncc(C(=O)NC2CCCC2SCC)cc1Cl. The van der Waals surface area contributed by atoms with Gasteiger partial charge in [-0.05, 0) is 31.6 Å². The van der Waals surface area contributed by atoms with Crippen molar-refractivity contribution in [2.24, 2.45) is 0 Å². The van der Waals surface area contributed by atoms with Crippen LogP contribution in [0.25, 0.3) is 0 Å². The van der Waals surface area contributed by atoms with Crippen LogP contribution in [0.4, 0.5) is 5.82 Å². The number of thioether (sulfide) groups is 1. The van der Waals surface area contributed by atoms with Crippen molar-refractivity contribution in [3.8, 4) is 0 Å².